The predicted octanol–water partition coefficient (Wildman–Crippen LogP) is 7.55. The normalized spacial score (nSPS) is 10.5. The number of para-hydroxylation sites is 1. The summed E-state index contributed by atoms with van der Waals surface area (Å²) in [6, 6.07) is 20.9. The van der Waals surface area contributed by atoms with E-state index in [0.29, 0.717) is 52.2 Å². The number of carbonyl (C=O) groups excluding carboxylic acids is 1. The second kappa shape index (κ2) is 12.5. The summed E-state index contributed by atoms with van der Waals surface area (Å²) in [5.74, 6) is 0.552. The zero-order chi connectivity index (χ0) is 27.9. The molecule has 0 aromatic heterocycles. The molecule has 0 radical (unpaired) electrons. The number of carbonyl (C=O) groups is 1. The van der Waals surface area contributed by atoms with E-state index >= 15 is 0 Å². The van der Waals surface area contributed by atoms with Crippen LogP contribution in [0.2, 0.25) is 10.0 Å². The van der Waals surface area contributed by atoms with Crippen molar-refractivity contribution in [2.75, 3.05) is 26.9 Å². The van der Waals surface area contributed by atoms with E-state index in [0.717, 1.165) is 0 Å². The lowest BCUT2D eigenvalue weighted by molar-refractivity contribution is 0.0335. The van der Waals surface area contributed by atoms with Crippen LogP contribution in [-0.2, 0) is 9.47 Å². The largest absolute Gasteiger partial charge is 0.496 e. The van der Waals surface area contributed by atoms with E-state index in [1.165, 1.54) is 7.11 Å². The van der Waals surface area contributed by atoms with E-state index in [2.05, 4.69) is 12.1 Å². The highest BCUT2D eigenvalue weighted by molar-refractivity contribution is 6.44. The van der Waals surface area contributed by atoms with Gasteiger partial charge in [0.15, 0.2) is 5.75 Å². The van der Waals surface area contributed by atoms with Crippen molar-refractivity contribution < 1.29 is 23.7 Å². The number of hydrogen-bond donors (Lipinski definition) is 0. The minimum atomic E-state index is -0.492. The van der Waals surface area contributed by atoms with Gasteiger partial charge >= 0.3 is 5.97 Å². The van der Waals surface area contributed by atoms with Crippen molar-refractivity contribution in [3.05, 3.63) is 87.4 Å². The molecule has 0 saturated heterocycles. The van der Waals surface area contributed by atoms with Gasteiger partial charge in [0.1, 0.15) is 35.3 Å². The van der Waals surface area contributed by atoms with Gasteiger partial charge in [-0.25, -0.2) is 4.79 Å². The van der Waals surface area contributed by atoms with Crippen molar-refractivity contribution in [3.8, 4) is 40.5 Å². The van der Waals surface area contributed by atoms with Crippen LogP contribution in [0.15, 0.2) is 60.7 Å². The highest BCUT2D eigenvalue weighted by Gasteiger charge is 2.24. The lowest BCUT2D eigenvalue weighted by Crippen LogP contribution is -2.10. The van der Waals surface area contributed by atoms with Crippen molar-refractivity contribution in [1.29, 1.82) is 10.5 Å². The van der Waals surface area contributed by atoms with Gasteiger partial charge < -0.3 is 18.9 Å². The maximum atomic E-state index is 12.3. The maximum Gasteiger partial charge on any atom is 0.338 e. The molecule has 7 nitrogen and oxygen atoms in total. The van der Waals surface area contributed by atoms with Crippen molar-refractivity contribution in [2.45, 2.75) is 6.92 Å². The number of halogens is 2. The second-order valence-corrected chi connectivity index (χ2v) is 8.94. The first kappa shape index (κ1) is 27.8. The number of nitrogens with zero attached hydrogens (tertiary/aromatic N) is 2. The lowest BCUT2D eigenvalue weighted by atomic mass is 9.89. The van der Waals surface area contributed by atoms with Crippen molar-refractivity contribution >= 4 is 39.9 Å². The molecule has 0 unspecified atom stereocenters. The van der Waals surface area contributed by atoms with Crippen LogP contribution in [0.5, 0.6) is 17.2 Å². The SMILES string of the molecule is CCOCCOC(=O)c1ccc(Oc2c(Cl)c(Cl)cc3cc(C#N)c(C#N)c(-c4ccccc4OC)c23)cc1. The summed E-state index contributed by atoms with van der Waals surface area (Å²) in [5, 5.41) is 21.3. The van der Waals surface area contributed by atoms with Gasteiger partial charge in [-0.1, -0.05) is 41.4 Å². The maximum absolute atomic E-state index is 12.3. The quantitative estimate of drug-likeness (QED) is 0.154. The van der Waals surface area contributed by atoms with E-state index < -0.39 is 5.97 Å². The smallest absolute Gasteiger partial charge is 0.338 e. The van der Waals surface area contributed by atoms with Gasteiger partial charge in [0.2, 0.25) is 0 Å². The minimum absolute atomic E-state index is 0.119. The molecule has 0 aliphatic heterocycles. The number of hydrogen-bond acceptors (Lipinski definition) is 7. The summed E-state index contributed by atoms with van der Waals surface area (Å²) in [5.41, 5.74) is 1.64. The molecule has 0 heterocycles. The molecule has 0 amide bonds. The molecule has 4 rings (SSSR count). The Morgan fingerprint density at radius 2 is 1.72 bits per heavy atom. The zero-order valence-electron chi connectivity index (χ0n) is 21.1. The standard InChI is InChI=1S/C30H22Cl2N2O5/c1-3-37-12-13-38-30(35)18-8-10-21(11-9-18)39-29-26-19(15-24(31)28(29)32)14-20(16-33)23(17-34)27(26)22-6-4-5-7-25(22)36-2/h4-11,14-15H,3,12-13H2,1-2H3. The number of nitriles is 2. The molecule has 0 saturated carbocycles. The van der Waals surface area contributed by atoms with E-state index in [4.69, 9.17) is 42.1 Å². The Morgan fingerprint density at radius 3 is 2.38 bits per heavy atom. The molecule has 196 valence electrons. The molecular formula is C30H22Cl2N2O5. The van der Waals surface area contributed by atoms with Crippen LogP contribution in [0.25, 0.3) is 21.9 Å². The number of fused-ring (bicyclic) bond motifs is 1. The Bertz CT molecular complexity index is 1620. The number of ether oxygens (including phenoxy) is 4. The molecule has 39 heavy (non-hydrogen) atoms. The monoisotopic (exact) mass is 560 g/mol. The zero-order valence-corrected chi connectivity index (χ0v) is 22.6. The average Bonchev–Trinajstić information content (AvgIpc) is 2.96. The molecular weight excluding hydrogens is 539 g/mol. The van der Waals surface area contributed by atoms with Crippen LogP contribution in [0, 0.1) is 22.7 Å². The van der Waals surface area contributed by atoms with E-state index in [-0.39, 0.29) is 33.5 Å². The molecule has 9 heteroatoms. The molecule has 0 bridgehead atoms. The summed E-state index contributed by atoms with van der Waals surface area (Å²) >= 11 is 13.1. The average molecular weight is 561 g/mol. The Kier molecular flexibility index (Phi) is 8.91. The molecule has 0 aliphatic carbocycles. The topological polar surface area (TPSA) is 102 Å². The molecule has 4 aromatic rings. The van der Waals surface area contributed by atoms with Crippen LogP contribution in [-0.4, -0.2) is 32.9 Å². The van der Waals surface area contributed by atoms with Gasteiger partial charge in [0.05, 0.1) is 35.4 Å². The fraction of sp³-hybridized carbons (Fsp3) is 0.167. The Hall–Kier alpha value is -4.27. The van der Waals surface area contributed by atoms with Crippen molar-refractivity contribution in [2.24, 2.45) is 0 Å². The van der Waals surface area contributed by atoms with Gasteiger partial charge in [-0.3, -0.25) is 0 Å². The van der Waals surface area contributed by atoms with Crippen molar-refractivity contribution in [1.82, 2.24) is 0 Å². The van der Waals surface area contributed by atoms with Crippen LogP contribution in [0.4, 0.5) is 0 Å². The first-order valence-electron chi connectivity index (χ1n) is 11.9. The highest BCUT2D eigenvalue weighted by atomic mass is 35.5. The van der Waals surface area contributed by atoms with Crippen molar-refractivity contribution in [3.63, 3.8) is 0 Å². The number of benzene rings is 4. The summed E-state index contributed by atoms with van der Waals surface area (Å²) in [6.45, 7) is 2.86. The van der Waals surface area contributed by atoms with Crippen LogP contribution >= 0.6 is 23.2 Å². The number of esters is 1. The van der Waals surface area contributed by atoms with E-state index in [1.807, 2.05) is 6.92 Å². The molecule has 0 aliphatic rings. The fourth-order valence-electron chi connectivity index (χ4n) is 4.10. The summed E-state index contributed by atoms with van der Waals surface area (Å²) in [7, 11) is 1.52. The van der Waals surface area contributed by atoms with Crippen LogP contribution < -0.4 is 9.47 Å². The Balaban J connectivity index is 1.86. The Labute approximate surface area is 235 Å². The third-order valence-electron chi connectivity index (χ3n) is 5.86. The molecule has 4 aromatic carbocycles. The molecule has 0 fully saturated rings. The number of rotatable bonds is 9. The summed E-state index contributed by atoms with van der Waals surface area (Å²) < 4.78 is 22.2. The lowest BCUT2D eigenvalue weighted by Gasteiger charge is -2.19. The van der Waals surface area contributed by atoms with Gasteiger partial charge in [-0.2, -0.15) is 10.5 Å². The van der Waals surface area contributed by atoms with Crippen LogP contribution in [0.3, 0.4) is 0 Å². The van der Waals surface area contributed by atoms with E-state index in [1.54, 1.807) is 60.7 Å². The molecule has 0 spiro atoms. The summed E-state index contributed by atoms with van der Waals surface area (Å²) in [6.07, 6.45) is 0. The predicted molar refractivity (Wildman–Crippen MR) is 149 cm³/mol. The minimum Gasteiger partial charge on any atom is -0.496 e. The van der Waals surface area contributed by atoms with Gasteiger partial charge in [-0.15, -0.1) is 0 Å². The van der Waals surface area contributed by atoms with E-state index in [9.17, 15) is 15.3 Å². The number of methoxy groups -OCH3 is 1. The van der Waals surface area contributed by atoms with Gasteiger partial charge in [-0.05, 0) is 54.8 Å². The first-order valence-corrected chi connectivity index (χ1v) is 12.6. The molecule has 0 atom stereocenters. The fourth-order valence-corrected chi connectivity index (χ4v) is 4.49. The van der Waals surface area contributed by atoms with Gasteiger partial charge in [0.25, 0.3) is 0 Å². The van der Waals surface area contributed by atoms with Gasteiger partial charge in [0, 0.05) is 23.1 Å². The highest BCUT2D eigenvalue weighted by Crippen LogP contribution is 2.48. The first-order chi connectivity index (χ1) is 18.9. The third-order valence-corrected chi connectivity index (χ3v) is 6.63. The Morgan fingerprint density at radius 1 is 0.974 bits per heavy atom. The van der Waals surface area contributed by atoms with Crippen LogP contribution in [0.1, 0.15) is 28.4 Å². The molecule has 0 N–H and O–H groups in total. The summed E-state index contributed by atoms with van der Waals surface area (Å²) in [4.78, 5) is 12.3. The third kappa shape index (κ3) is 5.77. The second-order valence-electron chi connectivity index (χ2n) is 8.16.